The number of rotatable bonds is 5. The fraction of sp³-hybridized carbons (Fsp3) is 0.714. The van der Waals surface area contributed by atoms with Crippen molar-refractivity contribution < 1.29 is 4.79 Å². The lowest BCUT2D eigenvalue weighted by atomic mass is 9.95. The zero-order chi connectivity index (χ0) is 13.8. The maximum absolute atomic E-state index is 12.5. The van der Waals surface area contributed by atoms with Gasteiger partial charge < -0.3 is 10.6 Å². The van der Waals surface area contributed by atoms with Crippen LogP contribution in [0.1, 0.15) is 48.4 Å². The molecule has 1 aromatic heterocycles. The maximum atomic E-state index is 12.5. The summed E-state index contributed by atoms with van der Waals surface area (Å²) in [5.74, 6) is 0.0684. The molecular formula is C14H24N4O. The highest BCUT2D eigenvalue weighted by Gasteiger charge is 2.26. The van der Waals surface area contributed by atoms with Crippen molar-refractivity contribution in [3.8, 4) is 0 Å². The monoisotopic (exact) mass is 264 g/mol. The Balaban J connectivity index is 2.37. The third kappa shape index (κ3) is 2.66. The van der Waals surface area contributed by atoms with E-state index >= 15 is 0 Å². The summed E-state index contributed by atoms with van der Waals surface area (Å²) in [6.45, 7) is 6.73. The van der Waals surface area contributed by atoms with E-state index in [1.54, 1.807) is 0 Å². The van der Waals surface area contributed by atoms with Crippen molar-refractivity contribution in [1.82, 2.24) is 14.7 Å². The van der Waals surface area contributed by atoms with Gasteiger partial charge in [0.25, 0.3) is 5.91 Å². The van der Waals surface area contributed by atoms with Crippen LogP contribution in [0, 0.1) is 0 Å². The van der Waals surface area contributed by atoms with Gasteiger partial charge in [-0.25, -0.2) is 0 Å². The number of amides is 1. The molecular weight excluding hydrogens is 240 g/mol. The van der Waals surface area contributed by atoms with E-state index in [1.807, 2.05) is 23.4 Å². The number of aromatic nitrogens is 2. The smallest absolute Gasteiger partial charge is 0.274 e. The third-order valence-electron chi connectivity index (χ3n) is 3.85. The van der Waals surface area contributed by atoms with E-state index in [9.17, 15) is 4.79 Å². The first-order valence-electron chi connectivity index (χ1n) is 7.30. The zero-order valence-electron chi connectivity index (χ0n) is 12.0. The van der Waals surface area contributed by atoms with Crippen LogP contribution in [0.4, 0.5) is 0 Å². The summed E-state index contributed by atoms with van der Waals surface area (Å²) in [6, 6.07) is 0. The Morgan fingerprint density at radius 2 is 2.00 bits per heavy atom. The maximum Gasteiger partial charge on any atom is 0.274 e. The lowest BCUT2D eigenvalue weighted by molar-refractivity contribution is 0.0765. The molecule has 0 spiro atoms. The molecule has 0 saturated heterocycles. The van der Waals surface area contributed by atoms with E-state index in [0.717, 1.165) is 37.9 Å². The fourth-order valence-corrected chi connectivity index (χ4v) is 2.81. The minimum absolute atomic E-state index is 0.0684. The standard InChI is InChI=1S/C14H24N4O/c1-3-17(4-2)14(19)13-11-7-5-6-8-12(11)18(16-13)10-9-15/h3-10,15H2,1-2H3. The number of fused-ring (bicyclic) bond motifs is 1. The van der Waals surface area contributed by atoms with Crippen molar-refractivity contribution in [2.75, 3.05) is 19.6 Å². The van der Waals surface area contributed by atoms with E-state index in [2.05, 4.69) is 5.10 Å². The molecule has 0 saturated carbocycles. The average Bonchev–Trinajstić information content (AvgIpc) is 2.80. The van der Waals surface area contributed by atoms with Crippen molar-refractivity contribution in [2.45, 2.75) is 46.1 Å². The van der Waals surface area contributed by atoms with Crippen molar-refractivity contribution in [3.63, 3.8) is 0 Å². The van der Waals surface area contributed by atoms with Crippen LogP contribution in [0.3, 0.4) is 0 Å². The van der Waals surface area contributed by atoms with Crippen LogP contribution < -0.4 is 5.73 Å². The minimum atomic E-state index is 0.0684. The second kappa shape index (κ2) is 6.19. The summed E-state index contributed by atoms with van der Waals surface area (Å²) in [4.78, 5) is 14.4. The Morgan fingerprint density at radius 3 is 2.63 bits per heavy atom. The van der Waals surface area contributed by atoms with Crippen LogP contribution in [0.25, 0.3) is 0 Å². The fourth-order valence-electron chi connectivity index (χ4n) is 2.81. The van der Waals surface area contributed by atoms with Gasteiger partial charge in [-0.3, -0.25) is 9.48 Å². The summed E-state index contributed by atoms with van der Waals surface area (Å²) in [5, 5.41) is 4.54. The molecule has 106 valence electrons. The molecule has 0 fully saturated rings. The zero-order valence-corrected chi connectivity index (χ0v) is 12.0. The largest absolute Gasteiger partial charge is 0.338 e. The molecule has 1 amide bonds. The Hall–Kier alpha value is -1.36. The first-order chi connectivity index (χ1) is 9.22. The lowest BCUT2D eigenvalue weighted by Gasteiger charge is -2.18. The van der Waals surface area contributed by atoms with Crippen molar-refractivity contribution >= 4 is 5.91 Å². The molecule has 1 heterocycles. The Labute approximate surface area is 114 Å². The van der Waals surface area contributed by atoms with Crippen molar-refractivity contribution in [1.29, 1.82) is 0 Å². The van der Waals surface area contributed by atoms with Crippen LogP contribution in [-0.4, -0.2) is 40.2 Å². The summed E-state index contributed by atoms with van der Waals surface area (Å²) < 4.78 is 1.95. The second-order valence-corrected chi connectivity index (χ2v) is 4.97. The third-order valence-corrected chi connectivity index (χ3v) is 3.85. The number of nitrogens with two attached hydrogens (primary N) is 1. The molecule has 5 heteroatoms. The minimum Gasteiger partial charge on any atom is -0.338 e. The van der Waals surface area contributed by atoms with Gasteiger partial charge in [-0.15, -0.1) is 0 Å². The van der Waals surface area contributed by atoms with Gasteiger partial charge in [0.05, 0.1) is 6.54 Å². The first kappa shape index (κ1) is 14.1. The number of nitrogens with zero attached hydrogens (tertiary/aromatic N) is 3. The highest BCUT2D eigenvalue weighted by atomic mass is 16.2. The molecule has 0 radical (unpaired) electrons. The number of hydrogen-bond donors (Lipinski definition) is 1. The quantitative estimate of drug-likeness (QED) is 0.869. The van der Waals surface area contributed by atoms with Gasteiger partial charge in [-0.1, -0.05) is 0 Å². The van der Waals surface area contributed by atoms with Gasteiger partial charge in [-0.05, 0) is 39.5 Å². The molecule has 0 aliphatic heterocycles. The van der Waals surface area contributed by atoms with Gasteiger partial charge in [-0.2, -0.15) is 5.10 Å². The summed E-state index contributed by atoms with van der Waals surface area (Å²) in [6.07, 6.45) is 4.33. The predicted molar refractivity (Wildman–Crippen MR) is 75.2 cm³/mol. The van der Waals surface area contributed by atoms with Gasteiger partial charge in [0.15, 0.2) is 5.69 Å². The lowest BCUT2D eigenvalue weighted by Crippen LogP contribution is -2.31. The van der Waals surface area contributed by atoms with E-state index in [4.69, 9.17) is 5.73 Å². The van der Waals surface area contributed by atoms with Crippen LogP contribution in [0.2, 0.25) is 0 Å². The van der Waals surface area contributed by atoms with Crippen molar-refractivity contribution in [2.24, 2.45) is 5.73 Å². The molecule has 2 N–H and O–H groups in total. The molecule has 5 nitrogen and oxygen atoms in total. The molecule has 0 bridgehead atoms. The molecule has 0 unspecified atom stereocenters. The number of carbonyl (C=O) groups excluding carboxylic acids is 1. The predicted octanol–water partition coefficient (Wildman–Crippen LogP) is 1.20. The molecule has 0 atom stereocenters. The Kier molecular flexibility index (Phi) is 4.58. The Morgan fingerprint density at radius 1 is 1.32 bits per heavy atom. The second-order valence-electron chi connectivity index (χ2n) is 4.97. The molecule has 1 aliphatic carbocycles. The van der Waals surface area contributed by atoms with E-state index in [-0.39, 0.29) is 5.91 Å². The summed E-state index contributed by atoms with van der Waals surface area (Å²) in [7, 11) is 0. The van der Waals surface area contributed by atoms with Gasteiger partial charge in [0, 0.05) is 30.9 Å². The summed E-state index contributed by atoms with van der Waals surface area (Å²) in [5.41, 5.74) is 8.69. The van der Waals surface area contributed by atoms with Gasteiger partial charge >= 0.3 is 0 Å². The average molecular weight is 264 g/mol. The molecule has 1 aromatic rings. The highest BCUT2D eigenvalue weighted by molar-refractivity contribution is 5.94. The van der Waals surface area contributed by atoms with Crippen LogP contribution in [0.15, 0.2) is 0 Å². The highest BCUT2D eigenvalue weighted by Crippen LogP contribution is 2.25. The molecule has 0 aromatic carbocycles. The normalized spacial score (nSPS) is 14.3. The van der Waals surface area contributed by atoms with Crippen LogP contribution in [-0.2, 0) is 19.4 Å². The first-order valence-corrected chi connectivity index (χ1v) is 7.30. The Bertz CT molecular complexity index is 449. The van der Waals surface area contributed by atoms with Crippen LogP contribution >= 0.6 is 0 Å². The SMILES string of the molecule is CCN(CC)C(=O)c1nn(CCN)c2c1CCCC2. The number of hydrogen-bond acceptors (Lipinski definition) is 3. The number of carbonyl (C=O) groups is 1. The van der Waals surface area contributed by atoms with E-state index < -0.39 is 0 Å². The molecule has 19 heavy (non-hydrogen) atoms. The van der Waals surface area contributed by atoms with E-state index in [0.29, 0.717) is 18.8 Å². The van der Waals surface area contributed by atoms with Crippen LogP contribution in [0.5, 0.6) is 0 Å². The summed E-state index contributed by atoms with van der Waals surface area (Å²) >= 11 is 0. The van der Waals surface area contributed by atoms with Gasteiger partial charge in [0.2, 0.25) is 0 Å². The van der Waals surface area contributed by atoms with E-state index in [1.165, 1.54) is 12.1 Å². The van der Waals surface area contributed by atoms with Crippen molar-refractivity contribution in [3.05, 3.63) is 17.0 Å². The van der Waals surface area contributed by atoms with Gasteiger partial charge in [0.1, 0.15) is 0 Å². The topological polar surface area (TPSA) is 64.2 Å². The molecule has 2 rings (SSSR count). The molecule has 1 aliphatic rings.